The number of hydrogen-bond acceptors (Lipinski definition) is 4. The maximum absolute atomic E-state index is 12.4. The van der Waals surface area contributed by atoms with Crippen molar-refractivity contribution in [2.75, 3.05) is 11.9 Å². The summed E-state index contributed by atoms with van der Waals surface area (Å²) in [5.74, 6) is 1.18. The second-order valence-corrected chi connectivity index (χ2v) is 7.66. The van der Waals surface area contributed by atoms with Gasteiger partial charge in [0.25, 0.3) is 5.91 Å². The Hall–Kier alpha value is -2.89. The summed E-state index contributed by atoms with van der Waals surface area (Å²) >= 11 is 0. The van der Waals surface area contributed by atoms with Gasteiger partial charge in [0, 0.05) is 24.2 Å². The maximum Gasteiger partial charge on any atom is 0.251 e. The fraction of sp³-hybridized carbons (Fsp3) is 0.435. The molecule has 1 aliphatic carbocycles. The fourth-order valence-corrected chi connectivity index (χ4v) is 3.57. The topological polar surface area (TPSA) is 80.3 Å². The zero-order valence-electron chi connectivity index (χ0n) is 16.9. The van der Waals surface area contributed by atoms with E-state index in [-0.39, 0.29) is 24.3 Å². The second kappa shape index (κ2) is 10.6. The van der Waals surface area contributed by atoms with Crippen LogP contribution in [0.25, 0.3) is 0 Å². The molecule has 29 heavy (non-hydrogen) atoms. The fourth-order valence-electron chi connectivity index (χ4n) is 3.57. The molecule has 1 unspecified atom stereocenters. The first-order valence-electron chi connectivity index (χ1n) is 10.4. The number of benzene rings is 1. The Morgan fingerprint density at radius 1 is 1.10 bits per heavy atom. The summed E-state index contributed by atoms with van der Waals surface area (Å²) in [5.41, 5.74) is 0.572. The Balaban J connectivity index is 1.50. The van der Waals surface area contributed by atoms with Gasteiger partial charge in [0.2, 0.25) is 5.91 Å². The number of hydrogen-bond donors (Lipinski definition) is 2. The number of amides is 2. The van der Waals surface area contributed by atoms with Crippen molar-refractivity contribution < 1.29 is 14.3 Å². The number of pyridine rings is 1. The molecule has 2 aromatic rings. The van der Waals surface area contributed by atoms with Crippen LogP contribution in [0.15, 0.2) is 48.7 Å². The van der Waals surface area contributed by atoms with Gasteiger partial charge in [-0.15, -0.1) is 0 Å². The Kier molecular flexibility index (Phi) is 7.61. The van der Waals surface area contributed by atoms with Crippen molar-refractivity contribution in [3.05, 3.63) is 54.2 Å². The van der Waals surface area contributed by atoms with Crippen molar-refractivity contribution >= 4 is 17.6 Å². The summed E-state index contributed by atoms with van der Waals surface area (Å²) in [6.45, 7) is 2.46. The van der Waals surface area contributed by atoms with Crippen LogP contribution in [0.4, 0.5) is 5.82 Å². The van der Waals surface area contributed by atoms with Gasteiger partial charge < -0.3 is 15.4 Å². The molecule has 6 heteroatoms. The maximum atomic E-state index is 12.4. The first kappa shape index (κ1) is 20.8. The number of anilines is 1. The zero-order chi connectivity index (χ0) is 20.5. The lowest BCUT2D eigenvalue weighted by molar-refractivity contribution is -0.116. The van der Waals surface area contributed by atoms with Crippen molar-refractivity contribution in [1.29, 1.82) is 0 Å². The van der Waals surface area contributed by atoms with E-state index in [1.165, 1.54) is 32.1 Å². The van der Waals surface area contributed by atoms with Crippen molar-refractivity contribution in [2.24, 2.45) is 5.92 Å². The first-order chi connectivity index (χ1) is 14.1. The Morgan fingerprint density at radius 3 is 2.62 bits per heavy atom. The highest BCUT2D eigenvalue weighted by Crippen LogP contribution is 2.27. The van der Waals surface area contributed by atoms with Gasteiger partial charge in [0.1, 0.15) is 0 Å². The molecule has 0 aliphatic heterocycles. The molecular weight excluding hydrogens is 366 g/mol. The lowest BCUT2D eigenvalue weighted by Crippen LogP contribution is -2.35. The number of carbonyl (C=O) groups is 2. The van der Waals surface area contributed by atoms with Gasteiger partial charge in [-0.2, -0.15) is 0 Å². The van der Waals surface area contributed by atoms with Crippen LogP contribution in [-0.4, -0.2) is 29.4 Å². The molecule has 1 saturated carbocycles. The number of ether oxygens (including phenoxy) is 1. The van der Waals surface area contributed by atoms with E-state index in [4.69, 9.17) is 4.74 Å². The average molecular weight is 396 g/mol. The highest BCUT2D eigenvalue weighted by Gasteiger charge is 2.17. The number of aromatic nitrogens is 1. The summed E-state index contributed by atoms with van der Waals surface area (Å²) < 4.78 is 5.96. The third kappa shape index (κ3) is 6.59. The molecule has 2 N–H and O–H groups in total. The monoisotopic (exact) mass is 395 g/mol. The van der Waals surface area contributed by atoms with E-state index in [0.717, 1.165) is 0 Å². The molecule has 1 fully saturated rings. The Labute approximate surface area is 172 Å². The van der Waals surface area contributed by atoms with Gasteiger partial charge in [-0.25, -0.2) is 4.98 Å². The molecular formula is C23H29N3O3. The Morgan fingerprint density at radius 2 is 1.86 bits per heavy atom. The minimum Gasteiger partial charge on any atom is -0.489 e. The second-order valence-electron chi connectivity index (χ2n) is 7.66. The van der Waals surface area contributed by atoms with E-state index in [1.807, 2.05) is 24.3 Å². The standard InChI is InChI=1S/C23H29N3O3/c1-17(25-23(28)19-11-6-3-7-12-19)15-21(27)26-22-20(13-8-14-24-22)29-16-18-9-4-2-5-10-18/h3,6-8,11-14,17-18H,2,4-5,9-10,15-16H2,1H3,(H,25,28)(H,24,26,27). The molecule has 0 saturated heterocycles. The van der Waals surface area contributed by atoms with Crippen LogP contribution in [0.5, 0.6) is 5.75 Å². The zero-order valence-corrected chi connectivity index (χ0v) is 16.9. The minimum absolute atomic E-state index is 0.150. The lowest BCUT2D eigenvalue weighted by Gasteiger charge is -2.22. The molecule has 0 spiro atoms. The molecule has 1 aromatic carbocycles. The van der Waals surface area contributed by atoms with Crippen LogP contribution < -0.4 is 15.4 Å². The first-order valence-corrected chi connectivity index (χ1v) is 10.4. The molecule has 1 aromatic heterocycles. The predicted molar refractivity (Wildman–Crippen MR) is 113 cm³/mol. The van der Waals surface area contributed by atoms with Gasteiger partial charge in [-0.3, -0.25) is 9.59 Å². The van der Waals surface area contributed by atoms with E-state index in [2.05, 4.69) is 15.6 Å². The highest BCUT2D eigenvalue weighted by atomic mass is 16.5. The van der Waals surface area contributed by atoms with Crippen LogP contribution in [0.1, 0.15) is 55.8 Å². The van der Waals surface area contributed by atoms with Gasteiger partial charge >= 0.3 is 0 Å². The number of nitrogens with zero attached hydrogens (tertiary/aromatic N) is 1. The van der Waals surface area contributed by atoms with Crippen molar-refractivity contribution in [3.63, 3.8) is 0 Å². The lowest BCUT2D eigenvalue weighted by atomic mass is 9.90. The third-order valence-corrected chi connectivity index (χ3v) is 5.13. The van der Waals surface area contributed by atoms with Crippen LogP contribution in [0, 0.1) is 5.92 Å². The molecule has 0 bridgehead atoms. The smallest absolute Gasteiger partial charge is 0.251 e. The van der Waals surface area contributed by atoms with E-state index in [1.54, 1.807) is 31.3 Å². The number of carbonyl (C=O) groups excluding carboxylic acids is 2. The number of rotatable bonds is 8. The van der Waals surface area contributed by atoms with Gasteiger partial charge in [-0.1, -0.05) is 37.5 Å². The average Bonchev–Trinajstić information content (AvgIpc) is 2.74. The summed E-state index contributed by atoms with van der Waals surface area (Å²) in [6, 6.07) is 12.3. The molecule has 6 nitrogen and oxygen atoms in total. The van der Waals surface area contributed by atoms with Crippen molar-refractivity contribution in [1.82, 2.24) is 10.3 Å². The van der Waals surface area contributed by atoms with E-state index >= 15 is 0 Å². The summed E-state index contributed by atoms with van der Waals surface area (Å²) in [5, 5.41) is 5.66. The highest BCUT2D eigenvalue weighted by molar-refractivity contribution is 5.95. The van der Waals surface area contributed by atoms with E-state index in [0.29, 0.717) is 29.7 Å². The summed E-state index contributed by atoms with van der Waals surface area (Å²) in [4.78, 5) is 28.9. The molecule has 2 amide bonds. The third-order valence-electron chi connectivity index (χ3n) is 5.13. The largest absolute Gasteiger partial charge is 0.489 e. The van der Waals surface area contributed by atoms with Gasteiger partial charge in [0.05, 0.1) is 6.61 Å². The SMILES string of the molecule is CC(CC(=O)Nc1ncccc1OCC1CCCCC1)NC(=O)c1ccccc1. The molecule has 3 rings (SSSR count). The minimum atomic E-state index is -0.307. The van der Waals surface area contributed by atoms with Crippen molar-refractivity contribution in [2.45, 2.75) is 51.5 Å². The van der Waals surface area contributed by atoms with Crippen molar-refractivity contribution in [3.8, 4) is 5.75 Å². The molecule has 1 aliphatic rings. The van der Waals surface area contributed by atoms with E-state index in [9.17, 15) is 9.59 Å². The normalized spacial score (nSPS) is 15.3. The quantitative estimate of drug-likeness (QED) is 0.702. The number of nitrogens with one attached hydrogen (secondary N) is 2. The Bertz CT molecular complexity index is 804. The van der Waals surface area contributed by atoms with E-state index < -0.39 is 0 Å². The summed E-state index contributed by atoms with van der Waals surface area (Å²) in [7, 11) is 0. The molecule has 1 heterocycles. The van der Waals surface area contributed by atoms with Crippen LogP contribution >= 0.6 is 0 Å². The predicted octanol–water partition coefficient (Wildman–Crippen LogP) is 4.19. The summed E-state index contributed by atoms with van der Waals surface area (Å²) in [6.07, 6.45) is 8.00. The van der Waals surface area contributed by atoms with Crippen LogP contribution in [-0.2, 0) is 4.79 Å². The van der Waals surface area contributed by atoms with Gasteiger partial charge in [-0.05, 0) is 49.9 Å². The van der Waals surface area contributed by atoms with Crippen LogP contribution in [0.3, 0.4) is 0 Å². The molecule has 1 atom stereocenters. The van der Waals surface area contributed by atoms with Crippen LogP contribution in [0.2, 0.25) is 0 Å². The molecule has 0 radical (unpaired) electrons. The molecule has 154 valence electrons. The van der Waals surface area contributed by atoms with Gasteiger partial charge in [0.15, 0.2) is 11.6 Å².